The molecule has 0 spiro atoms. The maximum atomic E-state index is 11.6. The third kappa shape index (κ3) is 5.07. The largest absolute Gasteiger partial charge is 0.484 e. The van der Waals surface area contributed by atoms with Crippen LogP contribution in [0, 0.1) is 0 Å². The monoisotopic (exact) mass is 279 g/mol. The molecule has 6 heteroatoms. The Morgan fingerprint density at radius 3 is 2.70 bits per heavy atom. The van der Waals surface area contributed by atoms with E-state index in [-0.39, 0.29) is 12.5 Å². The number of nitrogens with one attached hydrogen (secondary N) is 1. The Kier molecular flexibility index (Phi) is 5.64. The highest BCUT2D eigenvalue weighted by molar-refractivity contribution is 5.77. The number of carbonyl (C=O) groups excluding carboxylic acids is 1. The quantitative estimate of drug-likeness (QED) is 0.722. The van der Waals surface area contributed by atoms with Crippen LogP contribution in [0.4, 0.5) is 5.69 Å². The summed E-state index contributed by atoms with van der Waals surface area (Å²) in [6, 6.07) is 6.98. The lowest BCUT2D eigenvalue weighted by atomic mass is 10.3. The molecule has 0 saturated carbocycles. The molecule has 3 N–H and O–H groups in total. The van der Waals surface area contributed by atoms with Crippen LogP contribution in [0.2, 0.25) is 0 Å². The van der Waals surface area contributed by atoms with E-state index in [2.05, 4.69) is 10.2 Å². The van der Waals surface area contributed by atoms with Crippen LogP contribution in [0.15, 0.2) is 24.3 Å². The second-order valence-electron chi connectivity index (χ2n) is 4.66. The Morgan fingerprint density at radius 2 is 2.00 bits per heavy atom. The predicted octanol–water partition coefficient (Wildman–Crippen LogP) is 0.0960. The van der Waals surface area contributed by atoms with Gasteiger partial charge in [-0.2, -0.15) is 0 Å². The van der Waals surface area contributed by atoms with Crippen molar-refractivity contribution in [2.75, 3.05) is 51.7 Å². The second-order valence-corrected chi connectivity index (χ2v) is 4.66. The lowest BCUT2D eigenvalue weighted by molar-refractivity contribution is -0.123. The van der Waals surface area contributed by atoms with Gasteiger partial charge in [-0.1, -0.05) is 0 Å². The van der Waals surface area contributed by atoms with E-state index in [0.717, 1.165) is 32.8 Å². The van der Waals surface area contributed by atoms with Gasteiger partial charge in [0, 0.05) is 31.9 Å². The van der Waals surface area contributed by atoms with E-state index >= 15 is 0 Å². The molecular weight excluding hydrogens is 258 g/mol. The molecule has 1 amide bonds. The predicted molar refractivity (Wildman–Crippen MR) is 76.6 cm³/mol. The number of hydrogen-bond donors (Lipinski definition) is 2. The second kappa shape index (κ2) is 7.72. The van der Waals surface area contributed by atoms with Crippen molar-refractivity contribution < 1.29 is 14.3 Å². The Morgan fingerprint density at radius 1 is 1.30 bits per heavy atom. The molecule has 0 radical (unpaired) electrons. The average Bonchev–Trinajstić information content (AvgIpc) is 2.48. The molecule has 2 rings (SSSR count). The SMILES string of the molecule is Nc1ccc(OCC(=O)NCCN2CCOCC2)cc1. The topological polar surface area (TPSA) is 76.8 Å². The van der Waals surface area contributed by atoms with Gasteiger partial charge in [0.05, 0.1) is 13.2 Å². The molecule has 1 aromatic rings. The number of benzene rings is 1. The molecule has 1 heterocycles. The van der Waals surface area contributed by atoms with Gasteiger partial charge in [-0.15, -0.1) is 0 Å². The first kappa shape index (κ1) is 14.6. The van der Waals surface area contributed by atoms with Gasteiger partial charge in [0.15, 0.2) is 6.61 Å². The standard InChI is InChI=1S/C14H21N3O3/c15-12-1-3-13(4-2-12)20-11-14(18)16-5-6-17-7-9-19-10-8-17/h1-4H,5-11,15H2,(H,16,18). The minimum atomic E-state index is -0.116. The first-order valence-electron chi connectivity index (χ1n) is 6.79. The van der Waals surface area contributed by atoms with E-state index in [1.54, 1.807) is 24.3 Å². The van der Waals surface area contributed by atoms with Crippen molar-refractivity contribution in [1.82, 2.24) is 10.2 Å². The summed E-state index contributed by atoms with van der Waals surface area (Å²) in [6.45, 7) is 4.89. The van der Waals surface area contributed by atoms with Gasteiger partial charge in [-0.25, -0.2) is 0 Å². The molecule has 0 bridgehead atoms. The summed E-state index contributed by atoms with van der Waals surface area (Å²) in [5.41, 5.74) is 6.24. The maximum Gasteiger partial charge on any atom is 0.257 e. The Balaban J connectivity index is 1.59. The molecule has 0 aliphatic carbocycles. The fraction of sp³-hybridized carbons (Fsp3) is 0.500. The summed E-state index contributed by atoms with van der Waals surface area (Å²) in [7, 11) is 0. The van der Waals surface area contributed by atoms with E-state index in [1.165, 1.54) is 0 Å². The number of nitrogens with zero attached hydrogens (tertiary/aromatic N) is 1. The number of hydrogen-bond acceptors (Lipinski definition) is 5. The summed E-state index contributed by atoms with van der Waals surface area (Å²) >= 11 is 0. The van der Waals surface area contributed by atoms with Crippen molar-refractivity contribution in [2.45, 2.75) is 0 Å². The average molecular weight is 279 g/mol. The van der Waals surface area contributed by atoms with Crippen molar-refractivity contribution in [3.05, 3.63) is 24.3 Å². The highest BCUT2D eigenvalue weighted by Gasteiger charge is 2.10. The van der Waals surface area contributed by atoms with Crippen LogP contribution >= 0.6 is 0 Å². The molecule has 0 aromatic heterocycles. The Bertz CT molecular complexity index is 416. The van der Waals surface area contributed by atoms with Gasteiger partial charge in [-0.05, 0) is 24.3 Å². The van der Waals surface area contributed by atoms with Gasteiger partial charge in [-0.3, -0.25) is 9.69 Å². The molecule has 20 heavy (non-hydrogen) atoms. The van der Waals surface area contributed by atoms with E-state index in [1.807, 2.05) is 0 Å². The van der Waals surface area contributed by atoms with Crippen LogP contribution in [-0.2, 0) is 9.53 Å². The van der Waals surface area contributed by atoms with Gasteiger partial charge in [0.25, 0.3) is 5.91 Å². The van der Waals surface area contributed by atoms with E-state index < -0.39 is 0 Å². The maximum absolute atomic E-state index is 11.6. The highest BCUT2D eigenvalue weighted by Crippen LogP contribution is 2.12. The fourth-order valence-electron chi connectivity index (χ4n) is 1.94. The Labute approximate surface area is 118 Å². The van der Waals surface area contributed by atoms with E-state index in [0.29, 0.717) is 18.0 Å². The van der Waals surface area contributed by atoms with Gasteiger partial charge in [0.2, 0.25) is 0 Å². The molecule has 1 aromatic carbocycles. The normalized spacial score (nSPS) is 15.8. The van der Waals surface area contributed by atoms with Crippen molar-refractivity contribution in [3.8, 4) is 5.75 Å². The van der Waals surface area contributed by atoms with Crippen molar-refractivity contribution in [2.24, 2.45) is 0 Å². The zero-order valence-electron chi connectivity index (χ0n) is 11.5. The minimum absolute atomic E-state index is 0.0209. The van der Waals surface area contributed by atoms with Gasteiger partial charge >= 0.3 is 0 Å². The number of nitrogen functional groups attached to an aromatic ring is 1. The van der Waals surface area contributed by atoms with Crippen LogP contribution < -0.4 is 15.8 Å². The Hall–Kier alpha value is -1.79. The molecule has 0 unspecified atom stereocenters. The van der Waals surface area contributed by atoms with Crippen LogP contribution in [-0.4, -0.2) is 56.8 Å². The smallest absolute Gasteiger partial charge is 0.257 e. The molecule has 1 aliphatic rings. The van der Waals surface area contributed by atoms with E-state index in [9.17, 15) is 4.79 Å². The first-order valence-corrected chi connectivity index (χ1v) is 6.79. The number of morpholine rings is 1. The third-order valence-corrected chi connectivity index (χ3v) is 3.10. The van der Waals surface area contributed by atoms with Crippen molar-refractivity contribution in [3.63, 3.8) is 0 Å². The van der Waals surface area contributed by atoms with E-state index in [4.69, 9.17) is 15.2 Å². The zero-order valence-corrected chi connectivity index (χ0v) is 11.5. The number of amides is 1. The lowest BCUT2D eigenvalue weighted by Gasteiger charge is -2.26. The van der Waals surface area contributed by atoms with Gasteiger partial charge in [0.1, 0.15) is 5.75 Å². The number of nitrogens with two attached hydrogens (primary N) is 1. The summed E-state index contributed by atoms with van der Waals surface area (Å²) in [5, 5.41) is 2.84. The summed E-state index contributed by atoms with van der Waals surface area (Å²) in [6.07, 6.45) is 0. The lowest BCUT2D eigenvalue weighted by Crippen LogP contribution is -2.42. The van der Waals surface area contributed by atoms with Crippen molar-refractivity contribution >= 4 is 11.6 Å². The highest BCUT2D eigenvalue weighted by atomic mass is 16.5. The minimum Gasteiger partial charge on any atom is -0.484 e. The number of rotatable bonds is 6. The molecule has 1 saturated heterocycles. The molecule has 110 valence electrons. The van der Waals surface area contributed by atoms with Crippen LogP contribution in [0.3, 0.4) is 0 Å². The molecular formula is C14H21N3O3. The fourth-order valence-corrected chi connectivity index (χ4v) is 1.94. The number of carbonyl (C=O) groups is 1. The number of anilines is 1. The number of ether oxygens (including phenoxy) is 2. The third-order valence-electron chi connectivity index (χ3n) is 3.10. The first-order chi connectivity index (χ1) is 9.74. The molecule has 1 aliphatic heterocycles. The summed E-state index contributed by atoms with van der Waals surface area (Å²) in [5.74, 6) is 0.526. The van der Waals surface area contributed by atoms with Crippen LogP contribution in [0.5, 0.6) is 5.75 Å². The zero-order chi connectivity index (χ0) is 14.2. The summed E-state index contributed by atoms with van der Waals surface area (Å²) < 4.78 is 10.6. The molecule has 6 nitrogen and oxygen atoms in total. The molecule has 1 fully saturated rings. The van der Waals surface area contributed by atoms with Crippen LogP contribution in [0.25, 0.3) is 0 Å². The summed E-state index contributed by atoms with van der Waals surface area (Å²) in [4.78, 5) is 13.9. The van der Waals surface area contributed by atoms with Gasteiger partial charge < -0.3 is 20.5 Å². The molecule has 0 atom stereocenters. The van der Waals surface area contributed by atoms with Crippen molar-refractivity contribution in [1.29, 1.82) is 0 Å². The van der Waals surface area contributed by atoms with Crippen LogP contribution in [0.1, 0.15) is 0 Å².